The molecule has 3 rings (SSSR count). The molecule has 5 nitrogen and oxygen atoms in total. The number of carbonyl (C=O) groups is 2. The Bertz CT molecular complexity index is 986. The van der Waals surface area contributed by atoms with Crippen molar-refractivity contribution in [2.75, 3.05) is 17.2 Å². The average Bonchev–Trinajstić information content (AvgIpc) is 2.78. The van der Waals surface area contributed by atoms with Crippen LogP contribution in [0.4, 0.5) is 11.4 Å². The highest BCUT2D eigenvalue weighted by molar-refractivity contribution is 6.07. The highest BCUT2D eigenvalue weighted by Crippen LogP contribution is 2.22. The monoisotopic (exact) mass is 402 g/mol. The number of unbranched alkanes of at least 4 members (excludes halogenated alkanes) is 2. The van der Waals surface area contributed by atoms with E-state index in [1.165, 1.54) is 0 Å². The fourth-order valence-corrected chi connectivity index (χ4v) is 2.98. The molecule has 0 aliphatic rings. The summed E-state index contributed by atoms with van der Waals surface area (Å²) < 4.78 is 5.81. The van der Waals surface area contributed by atoms with Gasteiger partial charge in [0.05, 0.1) is 12.2 Å². The van der Waals surface area contributed by atoms with Gasteiger partial charge in [-0.3, -0.25) is 9.59 Å². The number of benzene rings is 3. The predicted octanol–water partition coefficient (Wildman–Crippen LogP) is 5.76. The van der Waals surface area contributed by atoms with Gasteiger partial charge in [-0.15, -0.1) is 0 Å². The molecular weight excluding hydrogens is 376 g/mol. The van der Waals surface area contributed by atoms with Crippen molar-refractivity contribution >= 4 is 23.2 Å². The molecule has 0 saturated carbocycles. The molecule has 0 aliphatic carbocycles. The molecule has 0 aromatic heterocycles. The van der Waals surface area contributed by atoms with Crippen LogP contribution in [-0.4, -0.2) is 18.4 Å². The third-order valence-corrected chi connectivity index (χ3v) is 4.55. The molecule has 5 heteroatoms. The zero-order chi connectivity index (χ0) is 21.2. The Kier molecular flexibility index (Phi) is 7.61. The summed E-state index contributed by atoms with van der Waals surface area (Å²) in [7, 11) is 0. The van der Waals surface area contributed by atoms with Crippen molar-refractivity contribution in [2.45, 2.75) is 26.2 Å². The second kappa shape index (κ2) is 10.8. The smallest absolute Gasteiger partial charge is 0.259 e. The van der Waals surface area contributed by atoms with Crippen molar-refractivity contribution in [3.8, 4) is 5.75 Å². The highest BCUT2D eigenvalue weighted by atomic mass is 16.5. The third kappa shape index (κ3) is 5.95. The number of ether oxygens (including phenoxy) is 1. The van der Waals surface area contributed by atoms with Crippen LogP contribution in [0, 0.1) is 0 Å². The fourth-order valence-electron chi connectivity index (χ4n) is 2.98. The molecule has 2 N–H and O–H groups in total. The highest BCUT2D eigenvalue weighted by Gasteiger charge is 2.13. The molecule has 0 spiro atoms. The van der Waals surface area contributed by atoms with Crippen LogP contribution in [0.2, 0.25) is 0 Å². The Labute approximate surface area is 177 Å². The minimum Gasteiger partial charge on any atom is -0.493 e. The van der Waals surface area contributed by atoms with Gasteiger partial charge in [0.1, 0.15) is 5.75 Å². The molecule has 0 unspecified atom stereocenters. The van der Waals surface area contributed by atoms with E-state index in [2.05, 4.69) is 17.6 Å². The van der Waals surface area contributed by atoms with Crippen LogP contribution < -0.4 is 15.4 Å². The normalized spacial score (nSPS) is 10.3. The minimum absolute atomic E-state index is 0.204. The van der Waals surface area contributed by atoms with Gasteiger partial charge in [-0.1, -0.05) is 56.2 Å². The lowest BCUT2D eigenvalue weighted by Crippen LogP contribution is -2.15. The van der Waals surface area contributed by atoms with Crippen LogP contribution in [0.25, 0.3) is 0 Å². The van der Waals surface area contributed by atoms with E-state index in [-0.39, 0.29) is 11.8 Å². The van der Waals surface area contributed by atoms with E-state index in [9.17, 15) is 9.59 Å². The van der Waals surface area contributed by atoms with Gasteiger partial charge >= 0.3 is 0 Å². The zero-order valence-electron chi connectivity index (χ0n) is 17.1. The molecule has 3 aromatic carbocycles. The van der Waals surface area contributed by atoms with Gasteiger partial charge < -0.3 is 15.4 Å². The van der Waals surface area contributed by atoms with E-state index in [1.54, 1.807) is 48.5 Å². The van der Waals surface area contributed by atoms with Crippen molar-refractivity contribution in [1.29, 1.82) is 0 Å². The van der Waals surface area contributed by atoms with Crippen LogP contribution in [0.15, 0.2) is 78.9 Å². The summed E-state index contributed by atoms with van der Waals surface area (Å²) in [4.78, 5) is 25.1. The summed E-state index contributed by atoms with van der Waals surface area (Å²) in [5, 5.41) is 5.73. The first-order valence-corrected chi connectivity index (χ1v) is 10.2. The average molecular weight is 402 g/mol. The Morgan fingerprint density at radius 2 is 1.43 bits per heavy atom. The second-order valence-electron chi connectivity index (χ2n) is 6.91. The van der Waals surface area contributed by atoms with Crippen LogP contribution >= 0.6 is 0 Å². The van der Waals surface area contributed by atoms with Crippen LogP contribution in [0.3, 0.4) is 0 Å². The third-order valence-electron chi connectivity index (χ3n) is 4.55. The molecule has 0 bridgehead atoms. The molecular formula is C25H26N2O3. The van der Waals surface area contributed by atoms with Crippen molar-refractivity contribution in [3.05, 3.63) is 90.0 Å². The lowest BCUT2D eigenvalue weighted by atomic mass is 10.1. The van der Waals surface area contributed by atoms with Gasteiger partial charge in [0.25, 0.3) is 11.8 Å². The van der Waals surface area contributed by atoms with E-state index in [1.807, 2.05) is 30.3 Å². The van der Waals surface area contributed by atoms with E-state index >= 15 is 0 Å². The Morgan fingerprint density at radius 1 is 0.767 bits per heavy atom. The predicted molar refractivity (Wildman–Crippen MR) is 120 cm³/mol. The van der Waals surface area contributed by atoms with E-state index in [0.717, 1.165) is 19.3 Å². The summed E-state index contributed by atoms with van der Waals surface area (Å²) in [6.07, 6.45) is 3.16. The molecule has 0 fully saturated rings. The molecule has 0 saturated heterocycles. The number of hydrogen-bond acceptors (Lipinski definition) is 3. The fraction of sp³-hybridized carbons (Fsp3) is 0.200. The van der Waals surface area contributed by atoms with Gasteiger partial charge in [0.15, 0.2) is 0 Å². The van der Waals surface area contributed by atoms with Crippen molar-refractivity contribution in [3.63, 3.8) is 0 Å². The van der Waals surface area contributed by atoms with E-state index in [0.29, 0.717) is 34.9 Å². The van der Waals surface area contributed by atoms with Gasteiger partial charge in [-0.25, -0.2) is 0 Å². The number of anilines is 2. The number of nitrogens with one attached hydrogen (secondary N) is 2. The molecule has 0 radical (unpaired) electrons. The largest absolute Gasteiger partial charge is 0.493 e. The summed E-state index contributed by atoms with van der Waals surface area (Å²) in [5.41, 5.74) is 2.24. The number of para-hydroxylation sites is 1. The van der Waals surface area contributed by atoms with Gasteiger partial charge in [-0.2, -0.15) is 0 Å². The minimum atomic E-state index is -0.257. The maximum atomic E-state index is 12.8. The summed E-state index contributed by atoms with van der Waals surface area (Å²) >= 11 is 0. The number of rotatable bonds is 9. The Hall–Kier alpha value is -3.60. The molecule has 0 heterocycles. The van der Waals surface area contributed by atoms with Crippen molar-refractivity contribution in [2.24, 2.45) is 0 Å². The Morgan fingerprint density at radius 3 is 2.17 bits per heavy atom. The molecule has 0 atom stereocenters. The maximum absolute atomic E-state index is 12.8. The van der Waals surface area contributed by atoms with Crippen molar-refractivity contribution < 1.29 is 14.3 Å². The van der Waals surface area contributed by atoms with Crippen LogP contribution in [-0.2, 0) is 0 Å². The lowest BCUT2D eigenvalue weighted by Gasteiger charge is -2.12. The van der Waals surface area contributed by atoms with Crippen LogP contribution in [0.5, 0.6) is 5.75 Å². The van der Waals surface area contributed by atoms with Gasteiger partial charge in [0, 0.05) is 16.9 Å². The Balaban J connectivity index is 1.66. The van der Waals surface area contributed by atoms with E-state index in [4.69, 9.17) is 4.74 Å². The molecule has 154 valence electrons. The lowest BCUT2D eigenvalue weighted by molar-refractivity contribution is 0.101. The SMILES string of the molecule is CCCCCOc1ccccc1C(=O)Nc1cccc(NC(=O)c2ccccc2)c1. The molecule has 2 amide bonds. The topological polar surface area (TPSA) is 67.4 Å². The summed E-state index contributed by atoms with van der Waals surface area (Å²) in [6.45, 7) is 2.72. The first-order chi connectivity index (χ1) is 14.7. The first kappa shape index (κ1) is 21.1. The van der Waals surface area contributed by atoms with Crippen LogP contribution in [0.1, 0.15) is 46.9 Å². The van der Waals surface area contributed by atoms with Crippen molar-refractivity contribution in [1.82, 2.24) is 0 Å². The summed E-state index contributed by atoms with van der Waals surface area (Å²) in [5.74, 6) is 0.108. The van der Waals surface area contributed by atoms with Gasteiger partial charge in [0.2, 0.25) is 0 Å². The standard InChI is InChI=1S/C25H26N2O3/c1-2-3-9-17-30-23-16-8-7-15-22(23)25(29)27-21-14-10-13-20(18-21)26-24(28)19-11-5-4-6-12-19/h4-8,10-16,18H,2-3,9,17H2,1H3,(H,26,28)(H,27,29). The summed E-state index contributed by atoms with van der Waals surface area (Å²) in [6, 6.07) is 23.3. The molecule has 30 heavy (non-hydrogen) atoms. The van der Waals surface area contributed by atoms with E-state index < -0.39 is 0 Å². The maximum Gasteiger partial charge on any atom is 0.259 e. The second-order valence-corrected chi connectivity index (χ2v) is 6.91. The number of hydrogen-bond donors (Lipinski definition) is 2. The van der Waals surface area contributed by atoms with Gasteiger partial charge in [-0.05, 0) is 48.9 Å². The first-order valence-electron chi connectivity index (χ1n) is 10.2. The quantitative estimate of drug-likeness (QED) is 0.447. The zero-order valence-corrected chi connectivity index (χ0v) is 17.1. The molecule has 0 aliphatic heterocycles. The number of amides is 2. The number of carbonyl (C=O) groups excluding carboxylic acids is 2. The molecule has 3 aromatic rings.